The third-order valence-corrected chi connectivity index (χ3v) is 2.61. The number of carbonyl (C=O) groups is 1. The number of ether oxygens (including phenoxy) is 1. The van der Waals surface area contributed by atoms with Gasteiger partial charge in [-0.2, -0.15) is 0 Å². The topological polar surface area (TPSA) is 26.3 Å². The van der Waals surface area contributed by atoms with Crippen LogP contribution < -0.4 is 0 Å². The van der Waals surface area contributed by atoms with Gasteiger partial charge in [-0.1, -0.05) is 40.0 Å². The van der Waals surface area contributed by atoms with Gasteiger partial charge >= 0.3 is 5.97 Å². The number of rotatable bonds is 9. The first-order chi connectivity index (χ1) is 7.24. The highest BCUT2D eigenvalue weighted by atomic mass is 16.5. The molecule has 15 heavy (non-hydrogen) atoms. The highest BCUT2D eigenvalue weighted by Crippen LogP contribution is 2.14. The Morgan fingerprint density at radius 2 is 1.67 bits per heavy atom. The van der Waals surface area contributed by atoms with Crippen molar-refractivity contribution in [2.75, 3.05) is 6.61 Å². The third-order valence-electron chi connectivity index (χ3n) is 2.61. The largest absolute Gasteiger partial charge is 0.465 e. The van der Waals surface area contributed by atoms with E-state index in [0.29, 0.717) is 18.9 Å². The zero-order chi connectivity index (χ0) is 11.5. The lowest BCUT2D eigenvalue weighted by molar-refractivity contribution is -0.145. The maximum absolute atomic E-state index is 11.3. The van der Waals surface area contributed by atoms with Gasteiger partial charge in [0.25, 0.3) is 0 Å². The van der Waals surface area contributed by atoms with Crippen LogP contribution in [-0.2, 0) is 9.53 Å². The van der Waals surface area contributed by atoms with Crippen LogP contribution in [0.2, 0.25) is 0 Å². The maximum Gasteiger partial charge on any atom is 0.305 e. The van der Waals surface area contributed by atoms with Crippen molar-refractivity contribution in [1.29, 1.82) is 0 Å². The summed E-state index contributed by atoms with van der Waals surface area (Å²) in [5.41, 5.74) is 0. The Labute approximate surface area is 94.4 Å². The lowest BCUT2D eigenvalue weighted by Crippen LogP contribution is -2.14. The Bertz CT molecular complexity index is 149. The monoisotopic (exact) mass is 214 g/mol. The molecule has 0 saturated heterocycles. The van der Waals surface area contributed by atoms with Crippen LogP contribution in [-0.4, -0.2) is 12.6 Å². The molecule has 0 atom stereocenters. The van der Waals surface area contributed by atoms with Crippen LogP contribution in [0.5, 0.6) is 0 Å². The van der Waals surface area contributed by atoms with Gasteiger partial charge < -0.3 is 4.74 Å². The standard InChI is InChI=1S/C13H26O2/c1-4-7-10-13(14)15-11-12(8-5-2)9-6-3/h12H,4-11H2,1-3H3. The molecule has 0 rings (SSSR count). The molecular formula is C13H26O2. The smallest absolute Gasteiger partial charge is 0.305 e. The normalized spacial score (nSPS) is 10.7. The minimum absolute atomic E-state index is 0.0194. The van der Waals surface area contributed by atoms with Gasteiger partial charge in [0, 0.05) is 6.42 Å². The number of hydrogen-bond acceptors (Lipinski definition) is 2. The molecule has 0 saturated carbocycles. The van der Waals surface area contributed by atoms with Gasteiger partial charge in [0.15, 0.2) is 0 Å². The predicted octanol–water partition coefficient (Wildman–Crippen LogP) is 3.94. The van der Waals surface area contributed by atoms with Gasteiger partial charge in [-0.15, -0.1) is 0 Å². The van der Waals surface area contributed by atoms with Crippen LogP contribution in [0.4, 0.5) is 0 Å². The molecule has 0 aromatic carbocycles. The average Bonchev–Trinajstić information content (AvgIpc) is 2.23. The van der Waals surface area contributed by atoms with E-state index in [9.17, 15) is 4.79 Å². The molecule has 0 aromatic heterocycles. The van der Waals surface area contributed by atoms with E-state index in [1.54, 1.807) is 0 Å². The number of unbranched alkanes of at least 4 members (excludes halogenated alkanes) is 1. The Balaban J connectivity index is 3.62. The molecule has 0 N–H and O–H groups in total. The summed E-state index contributed by atoms with van der Waals surface area (Å²) in [6.07, 6.45) is 7.30. The fraction of sp³-hybridized carbons (Fsp3) is 0.923. The maximum atomic E-state index is 11.3. The molecular weight excluding hydrogens is 188 g/mol. The second-order valence-corrected chi connectivity index (χ2v) is 4.23. The van der Waals surface area contributed by atoms with E-state index in [4.69, 9.17) is 4.74 Å². The average molecular weight is 214 g/mol. The van der Waals surface area contributed by atoms with Crippen molar-refractivity contribution in [2.45, 2.75) is 65.7 Å². The second kappa shape index (κ2) is 10.0. The van der Waals surface area contributed by atoms with Crippen molar-refractivity contribution < 1.29 is 9.53 Å². The van der Waals surface area contributed by atoms with Crippen LogP contribution in [0, 0.1) is 5.92 Å². The van der Waals surface area contributed by atoms with Crippen LogP contribution in [0.3, 0.4) is 0 Å². The first kappa shape index (κ1) is 14.5. The van der Waals surface area contributed by atoms with Gasteiger partial charge in [-0.05, 0) is 25.2 Å². The lowest BCUT2D eigenvalue weighted by atomic mass is 9.99. The minimum atomic E-state index is -0.0194. The molecule has 2 heteroatoms. The van der Waals surface area contributed by atoms with E-state index in [-0.39, 0.29) is 5.97 Å². The summed E-state index contributed by atoms with van der Waals surface area (Å²) in [4.78, 5) is 11.3. The highest BCUT2D eigenvalue weighted by molar-refractivity contribution is 5.69. The van der Waals surface area contributed by atoms with Crippen molar-refractivity contribution in [3.8, 4) is 0 Å². The van der Waals surface area contributed by atoms with Crippen LogP contribution in [0.25, 0.3) is 0 Å². The van der Waals surface area contributed by atoms with Gasteiger partial charge in [0.2, 0.25) is 0 Å². The molecule has 0 spiro atoms. The molecule has 2 nitrogen and oxygen atoms in total. The minimum Gasteiger partial charge on any atom is -0.465 e. The summed E-state index contributed by atoms with van der Waals surface area (Å²) in [5.74, 6) is 0.555. The molecule has 0 amide bonds. The highest BCUT2D eigenvalue weighted by Gasteiger charge is 2.09. The van der Waals surface area contributed by atoms with E-state index in [2.05, 4.69) is 20.8 Å². The molecule has 0 radical (unpaired) electrons. The quantitative estimate of drug-likeness (QED) is 0.543. The molecule has 0 aliphatic rings. The molecule has 0 unspecified atom stereocenters. The number of hydrogen-bond donors (Lipinski definition) is 0. The van der Waals surface area contributed by atoms with Crippen molar-refractivity contribution >= 4 is 5.97 Å². The molecule has 0 aliphatic carbocycles. The first-order valence-electron chi connectivity index (χ1n) is 6.40. The Hall–Kier alpha value is -0.530. The van der Waals surface area contributed by atoms with Crippen molar-refractivity contribution in [2.24, 2.45) is 5.92 Å². The van der Waals surface area contributed by atoms with Gasteiger partial charge in [-0.25, -0.2) is 0 Å². The Kier molecular flexibility index (Phi) is 9.65. The first-order valence-corrected chi connectivity index (χ1v) is 6.40. The van der Waals surface area contributed by atoms with E-state index >= 15 is 0 Å². The van der Waals surface area contributed by atoms with E-state index in [0.717, 1.165) is 12.8 Å². The van der Waals surface area contributed by atoms with Crippen LogP contribution >= 0.6 is 0 Å². The number of esters is 1. The summed E-state index contributed by atoms with van der Waals surface area (Å²) < 4.78 is 5.27. The van der Waals surface area contributed by atoms with Crippen molar-refractivity contribution in [3.05, 3.63) is 0 Å². The molecule has 0 fully saturated rings. The summed E-state index contributed by atoms with van der Waals surface area (Å²) in [6.45, 7) is 7.08. The molecule has 0 aromatic rings. The van der Waals surface area contributed by atoms with E-state index in [1.165, 1.54) is 25.7 Å². The Morgan fingerprint density at radius 1 is 1.07 bits per heavy atom. The zero-order valence-electron chi connectivity index (χ0n) is 10.6. The fourth-order valence-electron chi connectivity index (χ4n) is 1.73. The summed E-state index contributed by atoms with van der Waals surface area (Å²) in [5, 5.41) is 0. The van der Waals surface area contributed by atoms with Crippen molar-refractivity contribution in [3.63, 3.8) is 0 Å². The lowest BCUT2D eigenvalue weighted by Gasteiger charge is -2.15. The Morgan fingerprint density at radius 3 is 2.13 bits per heavy atom. The van der Waals surface area contributed by atoms with Crippen molar-refractivity contribution in [1.82, 2.24) is 0 Å². The number of carbonyl (C=O) groups excluding carboxylic acids is 1. The SMILES string of the molecule is CCCCC(=O)OCC(CCC)CCC. The van der Waals surface area contributed by atoms with Crippen LogP contribution in [0.15, 0.2) is 0 Å². The van der Waals surface area contributed by atoms with Gasteiger partial charge in [0.1, 0.15) is 0 Å². The van der Waals surface area contributed by atoms with Crippen LogP contribution in [0.1, 0.15) is 65.7 Å². The molecule has 0 aliphatic heterocycles. The second-order valence-electron chi connectivity index (χ2n) is 4.23. The third kappa shape index (κ3) is 8.46. The summed E-state index contributed by atoms with van der Waals surface area (Å²) in [6, 6.07) is 0. The zero-order valence-corrected chi connectivity index (χ0v) is 10.6. The van der Waals surface area contributed by atoms with Gasteiger partial charge in [-0.3, -0.25) is 4.79 Å². The molecule has 90 valence electrons. The fourth-order valence-corrected chi connectivity index (χ4v) is 1.73. The summed E-state index contributed by atoms with van der Waals surface area (Å²) >= 11 is 0. The van der Waals surface area contributed by atoms with Gasteiger partial charge in [0.05, 0.1) is 6.61 Å². The summed E-state index contributed by atoms with van der Waals surface area (Å²) in [7, 11) is 0. The predicted molar refractivity (Wildman–Crippen MR) is 63.8 cm³/mol. The van der Waals surface area contributed by atoms with E-state index < -0.39 is 0 Å². The molecule has 0 bridgehead atoms. The molecule has 0 heterocycles. The van der Waals surface area contributed by atoms with E-state index in [1.807, 2.05) is 0 Å².